The van der Waals surface area contributed by atoms with Crippen LogP contribution in [0.15, 0.2) is 23.2 Å². The van der Waals surface area contributed by atoms with Gasteiger partial charge in [-0.2, -0.15) is 0 Å². The first kappa shape index (κ1) is 17.4. The zero-order valence-electron chi connectivity index (χ0n) is 14.6. The number of non-ortho nitro benzene ring substituents is 1. The van der Waals surface area contributed by atoms with Crippen molar-refractivity contribution < 1.29 is 4.92 Å². The van der Waals surface area contributed by atoms with Gasteiger partial charge in [0, 0.05) is 31.1 Å². The van der Waals surface area contributed by atoms with Gasteiger partial charge in [0.1, 0.15) is 5.84 Å². The first-order chi connectivity index (χ1) is 10.9. The molecule has 0 radical (unpaired) electrons. The lowest BCUT2D eigenvalue weighted by atomic mass is 9.97. The van der Waals surface area contributed by atoms with E-state index in [1.54, 1.807) is 18.2 Å². The second-order valence-corrected chi connectivity index (χ2v) is 6.76. The van der Waals surface area contributed by atoms with Gasteiger partial charge in [-0.1, -0.05) is 20.8 Å². The lowest BCUT2D eigenvalue weighted by molar-refractivity contribution is -0.384. The van der Waals surface area contributed by atoms with Crippen LogP contribution in [0, 0.1) is 23.0 Å². The van der Waals surface area contributed by atoms with Crippen molar-refractivity contribution >= 4 is 17.2 Å². The van der Waals surface area contributed by atoms with Crippen molar-refractivity contribution in [1.29, 1.82) is 0 Å². The van der Waals surface area contributed by atoms with E-state index < -0.39 is 0 Å². The molecule has 1 unspecified atom stereocenters. The highest BCUT2D eigenvalue weighted by atomic mass is 16.6. The Morgan fingerprint density at radius 3 is 2.74 bits per heavy atom. The monoisotopic (exact) mass is 317 g/mol. The summed E-state index contributed by atoms with van der Waals surface area (Å²) in [4.78, 5) is 17.8. The molecule has 1 saturated heterocycles. The topological polar surface area (TPSA) is 58.7 Å². The molecule has 23 heavy (non-hydrogen) atoms. The number of aryl methyl sites for hydroxylation is 1. The van der Waals surface area contributed by atoms with Crippen LogP contribution >= 0.6 is 0 Å². The van der Waals surface area contributed by atoms with Gasteiger partial charge in [0.05, 0.1) is 10.6 Å². The van der Waals surface area contributed by atoms with Gasteiger partial charge < -0.3 is 4.90 Å². The Hall–Kier alpha value is -1.91. The Kier molecular flexibility index (Phi) is 5.74. The summed E-state index contributed by atoms with van der Waals surface area (Å²) >= 11 is 0. The number of nitro groups is 1. The molecule has 5 nitrogen and oxygen atoms in total. The molecule has 1 atom stereocenters. The van der Waals surface area contributed by atoms with E-state index in [2.05, 4.69) is 25.7 Å². The number of piperidine rings is 1. The van der Waals surface area contributed by atoms with Crippen molar-refractivity contribution in [1.82, 2.24) is 4.90 Å². The standard InChI is InChI=1S/C18H27N3O2/c1-5-15-7-6-8-18(20(15)12-13(2)3)19-17-10-9-16(21(22)23)11-14(17)4/h9-11,13,15H,5-8,12H2,1-4H3. The summed E-state index contributed by atoms with van der Waals surface area (Å²) in [7, 11) is 0. The lowest BCUT2D eigenvalue weighted by Crippen LogP contribution is -2.45. The molecule has 1 aliphatic heterocycles. The second kappa shape index (κ2) is 7.57. The quantitative estimate of drug-likeness (QED) is 0.576. The van der Waals surface area contributed by atoms with Crippen molar-refractivity contribution in [3.05, 3.63) is 33.9 Å². The van der Waals surface area contributed by atoms with E-state index in [1.165, 1.54) is 6.42 Å². The molecule has 0 aliphatic carbocycles. The second-order valence-electron chi connectivity index (χ2n) is 6.76. The Labute approximate surface area is 138 Å². The molecule has 0 N–H and O–H groups in total. The molecule has 2 rings (SSSR count). The maximum atomic E-state index is 10.9. The number of benzene rings is 1. The molecule has 0 amide bonds. The van der Waals surface area contributed by atoms with E-state index in [0.29, 0.717) is 12.0 Å². The number of rotatable bonds is 5. The molecule has 0 bridgehead atoms. The fourth-order valence-corrected chi connectivity index (χ4v) is 3.22. The molecule has 1 aliphatic rings. The number of likely N-dealkylation sites (tertiary alicyclic amines) is 1. The van der Waals surface area contributed by atoms with Crippen LogP contribution in [0.4, 0.5) is 11.4 Å². The van der Waals surface area contributed by atoms with E-state index in [-0.39, 0.29) is 10.6 Å². The number of aliphatic imine (C=N–C) groups is 1. The van der Waals surface area contributed by atoms with Crippen molar-refractivity contribution in [2.45, 2.75) is 59.4 Å². The van der Waals surface area contributed by atoms with Crippen LogP contribution in [-0.2, 0) is 0 Å². The van der Waals surface area contributed by atoms with Gasteiger partial charge >= 0.3 is 0 Å². The third-order valence-corrected chi connectivity index (χ3v) is 4.38. The van der Waals surface area contributed by atoms with Gasteiger partial charge in [-0.25, -0.2) is 4.99 Å². The molecular formula is C18H27N3O2. The number of amidine groups is 1. The number of nitrogens with zero attached hydrogens (tertiary/aromatic N) is 3. The molecule has 0 aromatic heterocycles. The number of hydrogen-bond acceptors (Lipinski definition) is 3. The van der Waals surface area contributed by atoms with Gasteiger partial charge in [0.2, 0.25) is 0 Å². The van der Waals surface area contributed by atoms with Crippen molar-refractivity contribution in [3.63, 3.8) is 0 Å². The third kappa shape index (κ3) is 4.30. The van der Waals surface area contributed by atoms with Crippen LogP contribution in [0.3, 0.4) is 0 Å². The summed E-state index contributed by atoms with van der Waals surface area (Å²) in [6, 6.07) is 5.47. The number of nitro benzene ring substituents is 1. The molecule has 1 aromatic rings. The maximum Gasteiger partial charge on any atom is 0.269 e. The molecule has 0 spiro atoms. The molecule has 5 heteroatoms. The summed E-state index contributed by atoms with van der Waals surface area (Å²) < 4.78 is 0. The van der Waals surface area contributed by atoms with Crippen molar-refractivity contribution in [3.8, 4) is 0 Å². The first-order valence-corrected chi connectivity index (χ1v) is 8.51. The largest absolute Gasteiger partial charge is 0.357 e. The van der Waals surface area contributed by atoms with Gasteiger partial charge in [0.15, 0.2) is 0 Å². The molecule has 1 fully saturated rings. The minimum Gasteiger partial charge on any atom is -0.357 e. The Morgan fingerprint density at radius 2 is 2.17 bits per heavy atom. The van der Waals surface area contributed by atoms with E-state index in [0.717, 1.165) is 42.9 Å². The molecule has 0 saturated carbocycles. The van der Waals surface area contributed by atoms with Crippen LogP contribution in [0.25, 0.3) is 0 Å². The average Bonchev–Trinajstić information content (AvgIpc) is 2.50. The molecule has 1 aromatic carbocycles. The Morgan fingerprint density at radius 1 is 1.43 bits per heavy atom. The fraction of sp³-hybridized carbons (Fsp3) is 0.611. The first-order valence-electron chi connectivity index (χ1n) is 8.51. The smallest absolute Gasteiger partial charge is 0.269 e. The van der Waals surface area contributed by atoms with Crippen LogP contribution in [0.2, 0.25) is 0 Å². The predicted molar refractivity (Wildman–Crippen MR) is 94.4 cm³/mol. The highest BCUT2D eigenvalue weighted by Gasteiger charge is 2.26. The Bertz CT molecular complexity index is 596. The normalized spacial score (nSPS) is 20.3. The van der Waals surface area contributed by atoms with Crippen molar-refractivity contribution in [2.75, 3.05) is 6.54 Å². The van der Waals surface area contributed by atoms with Gasteiger partial charge in [-0.3, -0.25) is 10.1 Å². The van der Waals surface area contributed by atoms with Crippen LogP contribution in [-0.4, -0.2) is 28.2 Å². The zero-order valence-corrected chi connectivity index (χ0v) is 14.6. The summed E-state index contributed by atoms with van der Waals surface area (Å²) in [5.41, 5.74) is 1.83. The van der Waals surface area contributed by atoms with E-state index in [1.807, 2.05) is 6.92 Å². The van der Waals surface area contributed by atoms with E-state index >= 15 is 0 Å². The fourth-order valence-electron chi connectivity index (χ4n) is 3.22. The minimum atomic E-state index is -0.358. The zero-order chi connectivity index (χ0) is 17.0. The van der Waals surface area contributed by atoms with Crippen LogP contribution < -0.4 is 0 Å². The van der Waals surface area contributed by atoms with Crippen LogP contribution in [0.1, 0.15) is 52.0 Å². The highest BCUT2D eigenvalue weighted by molar-refractivity contribution is 5.86. The number of hydrogen-bond donors (Lipinski definition) is 0. The summed E-state index contributed by atoms with van der Waals surface area (Å²) in [6.45, 7) is 9.60. The SMILES string of the molecule is CCC1CCCC(=Nc2ccc([N+](=O)[O-])cc2C)N1CC(C)C. The molecule has 1 heterocycles. The maximum absolute atomic E-state index is 10.9. The van der Waals surface area contributed by atoms with Crippen LogP contribution in [0.5, 0.6) is 0 Å². The third-order valence-electron chi connectivity index (χ3n) is 4.38. The van der Waals surface area contributed by atoms with E-state index in [4.69, 9.17) is 4.99 Å². The van der Waals surface area contributed by atoms with Gasteiger partial charge in [-0.15, -0.1) is 0 Å². The molecular weight excluding hydrogens is 290 g/mol. The van der Waals surface area contributed by atoms with Crippen molar-refractivity contribution in [2.24, 2.45) is 10.9 Å². The average molecular weight is 317 g/mol. The highest BCUT2D eigenvalue weighted by Crippen LogP contribution is 2.28. The molecule has 126 valence electrons. The predicted octanol–water partition coefficient (Wildman–Crippen LogP) is 4.85. The van der Waals surface area contributed by atoms with Gasteiger partial charge in [-0.05, 0) is 43.7 Å². The van der Waals surface area contributed by atoms with Gasteiger partial charge in [0.25, 0.3) is 5.69 Å². The summed E-state index contributed by atoms with van der Waals surface area (Å²) in [6.07, 6.45) is 4.50. The minimum absolute atomic E-state index is 0.126. The summed E-state index contributed by atoms with van der Waals surface area (Å²) in [5.74, 6) is 1.72. The van der Waals surface area contributed by atoms with E-state index in [9.17, 15) is 10.1 Å². The summed E-state index contributed by atoms with van der Waals surface area (Å²) in [5, 5.41) is 10.9. The Balaban J connectivity index is 2.32. The lowest BCUT2D eigenvalue weighted by Gasteiger charge is -2.39.